The fourth-order valence-corrected chi connectivity index (χ4v) is 19.7. The number of nitrogens with zero attached hydrogens (tertiary/aromatic N) is 5. The molecule has 39 nitrogen and oxygen atoms in total. The van der Waals surface area contributed by atoms with Crippen molar-refractivity contribution in [3.63, 3.8) is 0 Å². The van der Waals surface area contributed by atoms with Crippen LogP contribution in [0.1, 0.15) is 91.2 Å². The highest BCUT2D eigenvalue weighted by Gasteiger charge is 2.47. The zero-order valence-corrected chi connectivity index (χ0v) is 67.1. The fraction of sp³-hybridized carbons (Fsp3) is 0.577. The van der Waals surface area contributed by atoms with E-state index in [2.05, 4.69) is 63.1 Å². The monoisotopic (exact) mass is 1670 g/mol. The van der Waals surface area contributed by atoms with E-state index in [0.29, 0.717) is 39.4 Å². The van der Waals surface area contributed by atoms with E-state index < -0.39 is 262 Å². The van der Waals surface area contributed by atoms with Crippen LogP contribution >= 0.6 is 23.5 Å². The third-order valence-corrected chi connectivity index (χ3v) is 26.6. The number of hydrazine groups is 1. The third kappa shape index (κ3) is 22.5. The van der Waals surface area contributed by atoms with E-state index >= 15 is 31.2 Å². The molecule has 9 rings (SSSR count). The maximum absolute atomic E-state index is 16.1. The number of amides is 13. The average molecular weight is 1670 g/mol. The summed E-state index contributed by atoms with van der Waals surface area (Å²) >= 11 is 1.70. The molecule has 2 aromatic heterocycles. The van der Waals surface area contributed by atoms with Crippen molar-refractivity contribution in [1.29, 1.82) is 0 Å². The summed E-state index contributed by atoms with van der Waals surface area (Å²) in [6.45, 7) is 4.25. The Morgan fingerprint density at radius 2 is 1.18 bits per heavy atom. The van der Waals surface area contributed by atoms with Gasteiger partial charge in [-0.2, -0.15) is 37.1 Å². The molecule has 114 heavy (non-hydrogen) atoms. The number of aromatic nitrogens is 2. The van der Waals surface area contributed by atoms with Crippen molar-refractivity contribution in [2.75, 3.05) is 74.0 Å². The van der Waals surface area contributed by atoms with Gasteiger partial charge in [-0.15, -0.1) is 0 Å². The molecule has 0 aliphatic carbocycles. The van der Waals surface area contributed by atoms with Crippen molar-refractivity contribution in [2.24, 2.45) is 23.3 Å². The molecular weight excluding hydrogens is 1570 g/mol. The normalized spacial score (nSPS) is 29.4. The van der Waals surface area contributed by atoms with Crippen molar-refractivity contribution >= 4 is 148 Å². The van der Waals surface area contributed by atoms with Crippen molar-refractivity contribution in [1.82, 2.24) is 86.7 Å². The number of para-hydroxylation sites is 2. The number of rotatable bonds is 11. The molecule has 2 aromatic carbocycles. The van der Waals surface area contributed by atoms with Crippen LogP contribution in [-0.2, 0) is 100 Å². The first-order valence-electron chi connectivity index (χ1n) is 37.5. The first kappa shape index (κ1) is 88.4. The molecule has 5 saturated heterocycles. The van der Waals surface area contributed by atoms with Gasteiger partial charge in [-0.1, -0.05) is 64.1 Å². The molecule has 3 unspecified atom stereocenters. The van der Waals surface area contributed by atoms with Gasteiger partial charge in [0.05, 0.1) is 50.0 Å². The van der Waals surface area contributed by atoms with Gasteiger partial charge >= 0.3 is 5.97 Å². The van der Waals surface area contributed by atoms with Crippen LogP contribution in [0.4, 0.5) is 0 Å². The number of aliphatic hydroxyl groups excluding tert-OH is 1. The lowest BCUT2D eigenvalue weighted by atomic mass is 9.97. The second-order valence-corrected chi connectivity index (χ2v) is 36.0. The molecule has 5 aliphatic rings. The fourth-order valence-electron chi connectivity index (χ4n) is 13.9. The predicted octanol–water partition coefficient (Wildman–Crippen LogP) is -4.81. The Morgan fingerprint density at radius 3 is 1.77 bits per heavy atom. The number of sulfonamides is 2. The van der Waals surface area contributed by atoms with Gasteiger partial charge in [0.25, 0.3) is 5.91 Å². The molecule has 624 valence electrons. The first-order chi connectivity index (χ1) is 53.9. The number of hydrogen-bond acceptors (Lipinski definition) is 23. The lowest BCUT2D eigenvalue weighted by molar-refractivity contribution is -0.166. The summed E-state index contributed by atoms with van der Waals surface area (Å²) in [6, 6.07) is -5.18. The summed E-state index contributed by atoms with van der Waals surface area (Å²) < 4.78 is 62.3. The van der Waals surface area contributed by atoms with Crippen LogP contribution in [0.2, 0.25) is 0 Å². The zero-order chi connectivity index (χ0) is 83.2. The van der Waals surface area contributed by atoms with Crippen LogP contribution in [0.3, 0.4) is 0 Å². The van der Waals surface area contributed by atoms with Gasteiger partial charge in [0.1, 0.15) is 66.5 Å². The number of carboxylic acid groups (broad SMARTS) is 1. The Morgan fingerprint density at radius 1 is 0.605 bits per heavy atom. The Kier molecular flexibility index (Phi) is 30.4. The van der Waals surface area contributed by atoms with Crippen LogP contribution in [0.5, 0.6) is 0 Å². The van der Waals surface area contributed by atoms with Gasteiger partial charge in [-0.3, -0.25) is 72.1 Å². The number of carbonyl (C=O) groups excluding carboxylic acids is 13. The molecule has 4 aromatic rings. The minimum Gasteiger partial charge on any atom is -0.481 e. The minimum atomic E-state index is -4.78. The number of nitrogens with one attached hydrogen (secondary N) is 12. The van der Waals surface area contributed by atoms with Gasteiger partial charge in [-0.25, -0.2) is 16.8 Å². The van der Waals surface area contributed by atoms with E-state index in [9.17, 15) is 63.0 Å². The lowest BCUT2D eigenvalue weighted by Gasteiger charge is -2.42. The Hall–Kier alpha value is -9.50. The maximum atomic E-state index is 16.1. The zero-order valence-electron chi connectivity index (χ0n) is 63.8. The molecular formula is C71H101N19O20S4. The number of fused-ring (bicyclic) bond motifs is 8. The van der Waals surface area contributed by atoms with Crippen LogP contribution in [0.15, 0.2) is 60.9 Å². The molecule has 13 amide bonds. The maximum Gasteiger partial charge on any atom is 0.305 e. The largest absolute Gasteiger partial charge is 0.481 e. The highest BCUT2D eigenvalue weighted by molar-refractivity contribution is 8.00. The number of carboxylic acids is 1. The summed E-state index contributed by atoms with van der Waals surface area (Å²) in [5.74, 6) is -19.6. The standard InChI is InChI=1S/C71H101N19O20S4/c1-37(2)57-69(104)80-49(29-56(93)94)63(98)76-32-55(92)90-53(28-42-31-75-46-16-10-8-14-44(42)46)68(103)84-58(38(3)4)71(106)89-20-12-18-52(89)67(102)81-50(60(73)95)33-111-23-25-113(107,108)87-21-22-88(36-86(90)35-87)114(109,110)26-24-112-34-51(82-61(96)39(5)72)66(101)85-59-54(91)19-11-17-47(78-70(59)105)64(99)77-40(6)62(97)79-48(65(100)83-57)27-41-30-74-45-15-9-7-13-43(41)45/h7-10,13-16,30-31,37-40,47-54,57-59,74-75,91H,11-12,17-29,32-36,72H2,1-6H3,(H2,73,95)(H,76,98)(H,77,99)(H,78,105)(H,79,97)(H,80,104)(H,81,102)(H,82,96)(H,83,100)(H,84,103)(H,85,101)(H,93,94)/t39-,40-,47-,48-,49-,50-,51-,52-,53-,54+,57-,58-,59-/m0/s1. The SMILES string of the molecule is CC(C)[C@@H]1NC(=O)[C@H](Cc2c[nH]c3ccccc23)NC(=O)[C@H](C)NC(=O)[C@@H]2CCC[C@@H](O)[C@H](NC(=O)[C@@H](NC(=O)[C@H](C)N)CSCCS(=O)(=O)N3CCN4CN(C3)N(C(=O)CNC(=O)[C@H](CC(=O)O)NC1=O)[C@@H](Cc1c[nH]c3ccccc13)C(=O)N[C@@H](C(C)C)C(=O)N1CCC[C@H]1C(=O)N[C@H](C(N)=O)CSCCS4(=O)=O)C(=O)N2. The molecule has 0 spiro atoms. The second kappa shape index (κ2) is 39.2. The van der Waals surface area contributed by atoms with E-state index in [1.54, 1.807) is 68.6 Å². The molecule has 43 heteroatoms. The molecule has 0 saturated carbocycles. The summed E-state index contributed by atoms with van der Waals surface area (Å²) in [4.78, 5) is 210. The van der Waals surface area contributed by atoms with Crippen molar-refractivity contribution in [3.05, 3.63) is 72.1 Å². The quantitative estimate of drug-likeness (QED) is 0.0670. The van der Waals surface area contributed by atoms with E-state index in [1.165, 1.54) is 38.8 Å². The molecule has 16 atom stereocenters. The van der Waals surface area contributed by atoms with Crippen molar-refractivity contribution in [2.45, 2.75) is 172 Å². The predicted molar refractivity (Wildman–Crippen MR) is 417 cm³/mol. The highest BCUT2D eigenvalue weighted by atomic mass is 32.2. The summed E-state index contributed by atoms with van der Waals surface area (Å²) in [7, 11) is -9.45. The van der Waals surface area contributed by atoms with E-state index in [1.807, 2.05) is 0 Å². The van der Waals surface area contributed by atoms with Gasteiger partial charge < -0.3 is 89.7 Å². The van der Waals surface area contributed by atoms with E-state index in [4.69, 9.17) is 11.5 Å². The van der Waals surface area contributed by atoms with Crippen LogP contribution in [-0.4, -0.2) is 296 Å². The molecule has 18 N–H and O–H groups in total. The number of benzene rings is 2. The topological polar surface area (TPSA) is 568 Å². The highest BCUT2D eigenvalue weighted by Crippen LogP contribution is 2.28. The molecule has 7 heterocycles. The number of H-pyrrole nitrogens is 2. The van der Waals surface area contributed by atoms with Crippen LogP contribution in [0, 0.1) is 11.8 Å². The smallest absolute Gasteiger partial charge is 0.305 e. The number of hydrogen-bond donors (Lipinski definition) is 16. The number of nitrogens with two attached hydrogens (primary N) is 2. The van der Waals surface area contributed by atoms with Crippen LogP contribution < -0.4 is 64.6 Å². The van der Waals surface area contributed by atoms with E-state index in [-0.39, 0.29) is 50.2 Å². The number of aliphatic hydroxyl groups is 1. The first-order valence-corrected chi connectivity index (χ1v) is 43.0. The summed E-state index contributed by atoms with van der Waals surface area (Å²) in [5, 5.41) is 49.9. The number of thioether (sulfide) groups is 2. The van der Waals surface area contributed by atoms with E-state index in [0.717, 1.165) is 42.2 Å². The summed E-state index contributed by atoms with van der Waals surface area (Å²) in [5.41, 5.74) is 13.7. The average Bonchev–Trinajstić information content (AvgIpc) is 1.57. The molecule has 5 aliphatic heterocycles. The Balaban J connectivity index is 1.16. The minimum absolute atomic E-state index is 0.00372. The summed E-state index contributed by atoms with van der Waals surface area (Å²) in [6.07, 6.45) is -0.278. The number of carbonyl (C=O) groups is 14. The number of primary amides is 1. The molecule has 0 radical (unpaired) electrons. The lowest BCUT2D eigenvalue weighted by Crippen LogP contribution is -2.65. The van der Waals surface area contributed by atoms with Gasteiger partial charge in [0.15, 0.2) is 0 Å². The molecule has 5 bridgehead atoms. The van der Waals surface area contributed by atoms with Gasteiger partial charge in [-0.05, 0) is 81.0 Å². The van der Waals surface area contributed by atoms with Crippen LogP contribution in [0.25, 0.3) is 21.8 Å². The third-order valence-electron chi connectivity index (χ3n) is 20.3. The van der Waals surface area contributed by atoms with Crippen molar-refractivity contribution < 1.29 is 94.2 Å². The van der Waals surface area contributed by atoms with Crippen molar-refractivity contribution in [3.8, 4) is 0 Å². The van der Waals surface area contributed by atoms with Gasteiger partial charge in [0, 0.05) is 89.7 Å². The number of aliphatic carboxylic acids is 1. The Labute approximate surface area is 666 Å². The molecule has 5 fully saturated rings. The Bertz CT molecular complexity index is 4510. The second-order valence-electron chi connectivity index (χ2n) is 29.5. The van der Waals surface area contributed by atoms with Gasteiger partial charge in [0.2, 0.25) is 90.9 Å². The number of aromatic amines is 2.